The number of aryl methyl sites for hydroxylation is 1. The Morgan fingerprint density at radius 1 is 0.949 bits per heavy atom. The number of benzene rings is 1. The van der Waals surface area contributed by atoms with Gasteiger partial charge in [-0.25, -0.2) is 4.39 Å². The van der Waals surface area contributed by atoms with Crippen LogP contribution in [0, 0.1) is 18.7 Å². The van der Waals surface area contributed by atoms with E-state index in [0.717, 1.165) is 69.1 Å². The number of fused-ring (bicyclic) bond motifs is 2. The molecule has 3 N–H and O–H groups in total. The molecule has 1 aliphatic carbocycles. The van der Waals surface area contributed by atoms with Crippen molar-refractivity contribution in [3.63, 3.8) is 0 Å². The summed E-state index contributed by atoms with van der Waals surface area (Å²) in [7, 11) is 0. The molecule has 1 aromatic carbocycles. The third-order valence-electron chi connectivity index (χ3n) is 7.34. The van der Waals surface area contributed by atoms with Crippen LogP contribution in [0.2, 0.25) is 0 Å². The molecule has 9 heteroatoms. The van der Waals surface area contributed by atoms with E-state index in [9.17, 15) is 9.18 Å². The number of anilines is 1. The Labute approximate surface area is 222 Å². The highest BCUT2D eigenvalue weighted by Gasteiger charge is 2.25. The number of hydrogen-bond donors (Lipinski definition) is 3. The molecular formula is C30H24FN7O. The lowest BCUT2D eigenvalue weighted by molar-refractivity contribution is -0.122. The first-order valence-electron chi connectivity index (χ1n) is 12.9. The highest BCUT2D eigenvalue weighted by atomic mass is 19.1. The second-order valence-corrected chi connectivity index (χ2v) is 10.1. The zero-order valence-corrected chi connectivity index (χ0v) is 21.1. The SMILES string of the molecule is Cc1cc(F)cc(-c2nccc3[nH]c(-c4n[nH]c5cnc(-c6cncc(NC(=O)C7CCC7)c6)cc45)cc23)c1. The lowest BCUT2D eigenvalue weighted by atomic mass is 9.85. The highest BCUT2D eigenvalue weighted by Crippen LogP contribution is 2.34. The van der Waals surface area contributed by atoms with Gasteiger partial charge in [-0.15, -0.1) is 0 Å². The Hall–Kier alpha value is -4.92. The van der Waals surface area contributed by atoms with Gasteiger partial charge in [-0.3, -0.25) is 24.8 Å². The predicted molar refractivity (Wildman–Crippen MR) is 148 cm³/mol. The molecule has 5 aromatic heterocycles. The first-order valence-corrected chi connectivity index (χ1v) is 12.9. The minimum absolute atomic E-state index is 0.0433. The minimum atomic E-state index is -0.293. The summed E-state index contributed by atoms with van der Waals surface area (Å²) in [5.74, 6) is -0.158. The zero-order valence-electron chi connectivity index (χ0n) is 21.1. The molecule has 0 saturated heterocycles. The molecule has 6 aromatic rings. The monoisotopic (exact) mass is 517 g/mol. The van der Waals surface area contributed by atoms with Gasteiger partial charge in [0, 0.05) is 45.7 Å². The van der Waals surface area contributed by atoms with Gasteiger partial charge in [0.1, 0.15) is 11.5 Å². The van der Waals surface area contributed by atoms with Crippen LogP contribution < -0.4 is 5.32 Å². The number of H-pyrrole nitrogens is 2. The molecule has 0 spiro atoms. The summed E-state index contributed by atoms with van der Waals surface area (Å²) in [5.41, 5.74) is 7.61. The topological polar surface area (TPSA) is 112 Å². The van der Waals surface area contributed by atoms with E-state index in [2.05, 4.69) is 35.5 Å². The lowest BCUT2D eigenvalue weighted by Crippen LogP contribution is -2.28. The van der Waals surface area contributed by atoms with Crippen LogP contribution in [0.25, 0.3) is 55.7 Å². The van der Waals surface area contributed by atoms with Gasteiger partial charge >= 0.3 is 0 Å². The predicted octanol–water partition coefficient (Wildman–Crippen LogP) is 6.42. The van der Waals surface area contributed by atoms with Crippen LogP contribution in [0.4, 0.5) is 10.1 Å². The average molecular weight is 518 g/mol. The largest absolute Gasteiger partial charge is 0.353 e. The molecule has 0 aliphatic heterocycles. The summed E-state index contributed by atoms with van der Waals surface area (Å²) < 4.78 is 14.2. The number of aromatic nitrogens is 6. The molecule has 7 rings (SSSR count). The zero-order chi connectivity index (χ0) is 26.5. The third kappa shape index (κ3) is 4.21. The van der Waals surface area contributed by atoms with Gasteiger partial charge < -0.3 is 10.3 Å². The van der Waals surface area contributed by atoms with Gasteiger partial charge in [-0.1, -0.05) is 6.42 Å². The Kier molecular flexibility index (Phi) is 5.43. The van der Waals surface area contributed by atoms with E-state index in [4.69, 9.17) is 0 Å². The Morgan fingerprint density at radius 3 is 2.64 bits per heavy atom. The Bertz CT molecular complexity index is 1870. The van der Waals surface area contributed by atoms with Crippen LogP contribution in [-0.2, 0) is 4.79 Å². The van der Waals surface area contributed by atoms with E-state index in [0.29, 0.717) is 17.1 Å². The first-order chi connectivity index (χ1) is 19.0. The standard InChI is InChI=1S/C30H24FN7O/c1-16-7-18(9-20(31)8-16)28-22-12-26(36-24(22)5-6-33-28)29-23-11-25(34-15-27(23)37-38-29)19-10-21(14-32-13-19)35-30(39)17-3-2-4-17/h5-15,17,36H,2-4H2,1H3,(H,35,39)(H,37,38). The number of rotatable bonds is 5. The summed E-state index contributed by atoms with van der Waals surface area (Å²) in [6.45, 7) is 1.87. The second-order valence-electron chi connectivity index (χ2n) is 10.1. The maximum absolute atomic E-state index is 14.2. The van der Waals surface area contributed by atoms with Gasteiger partial charge in [0.05, 0.1) is 40.7 Å². The van der Waals surface area contributed by atoms with E-state index in [-0.39, 0.29) is 17.6 Å². The fourth-order valence-electron chi connectivity index (χ4n) is 5.13. The van der Waals surface area contributed by atoms with E-state index >= 15 is 0 Å². The Balaban J connectivity index is 1.27. The van der Waals surface area contributed by atoms with E-state index in [1.807, 2.05) is 37.3 Å². The van der Waals surface area contributed by atoms with Crippen molar-refractivity contribution in [1.29, 1.82) is 0 Å². The van der Waals surface area contributed by atoms with Gasteiger partial charge in [0.15, 0.2) is 0 Å². The number of nitrogens with one attached hydrogen (secondary N) is 3. The minimum Gasteiger partial charge on any atom is -0.353 e. The smallest absolute Gasteiger partial charge is 0.227 e. The maximum Gasteiger partial charge on any atom is 0.227 e. The number of carbonyl (C=O) groups excluding carboxylic acids is 1. The van der Waals surface area contributed by atoms with Crippen molar-refractivity contribution in [3.05, 3.63) is 78.6 Å². The molecular weight excluding hydrogens is 493 g/mol. The summed E-state index contributed by atoms with van der Waals surface area (Å²) in [5, 5.41) is 12.4. The molecule has 5 heterocycles. The molecule has 0 bridgehead atoms. The fraction of sp³-hybridized carbons (Fsp3) is 0.167. The lowest BCUT2D eigenvalue weighted by Gasteiger charge is -2.24. The molecule has 1 fully saturated rings. The summed E-state index contributed by atoms with van der Waals surface area (Å²) in [6, 6.07) is 12.7. The molecule has 1 saturated carbocycles. The number of aromatic amines is 2. The molecule has 8 nitrogen and oxygen atoms in total. The summed E-state index contributed by atoms with van der Waals surface area (Å²) >= 11 is 0. The molecule has 1 amide bonds. The van der Waals surface area contributed by atoms with Gasteiger partial charge in [0.2, 0.25) is 5.91 Å². The maximum atomic E-state index is 14.2. The normalized spacial score (nSPS) is 13.6. The van der Waals surface area contributed by atoms with Crippen molar-refractivity contribution in [1.82, 2.24) is 30.1 Å². The molecule has 192 valence electrons. The van der Waals surface area contributed by atoms with Crippen LogP contribution in [0.15, 0.2) is 67.3 Å². The van der Waals surface area contributed by atoms with Crippen molar-refractivity contribution < 1.29 is 9.18 Å². The summed E-state index contributed by atoms with van der Waals surface area (Å²) in [6.07, 6.45) is 9.82. The van der Waals surface area contributed by atoms with Crippen molar-refractivity contribution in [2.75, 3.05) is 5.32 Å². The van der Waals surface area contributed by atoms with Crippen LogP contribution in [0.3, 0.4) is 0 Å². The van der Waals surface area contributed by atoms with Crippen molar-refractivity contribution in [2.24, 2.45) is 5.92 Å². The Morgan fingerprint density at radius 2 is 1.82 bits per heavy atom. The fourth-order valence-corrected chi connectivity index (χ4v) is 5.13. The molecule has 0 unspecified atom stereocenters. The van der Waals surface area contributed by atoms with Crippen molar-refractivity contribution >= 4 is 33.4 Å². The first kappa shape index (κ1) is 23.2. The van der Waals surface area contributed by atoms with Gasteiger partial charge in [0.25, 0.3) is 0 Å². The van der Waals surface area contributed by atoms with Crippen molar-refractivity contribution in [3.8, 4) is 33.9 Å². The molecule has 39 heavy (non-hydrogen) atoms. The van der Waals surface area contributed by atoms with E-state index < -0.39 is 0 Å². The van der Waals surface area contributed by atoms with Gasteiger partial charge in [-0.05, 0) is 67.8 Å². The van der Waals surface area contributed by atoms with E-state index in [1.165, 1.54) is 12.1 Å². The highest BCUT2D eigenvalue weighted by molar-refractivity contribution is 6.00. The van der Waals surface area contributed by atoms with E-state index in [1.54, 1.807) is 24.8 Å². The number of carbonyl (C=O) groups is 1. The third-order valence-corrected chi connectivity index (χ3v) is 7.34. The number of pyridine rings is 3. The molecule has 0 radical (unpaired) electrons. The van der Waals surface area contributed by atoms with Crippen molar-refractivity contribution in [2.45, 2.75) is 26.2 Å². The molecule has 1 aliphatic rings. The average Bonchev–Trinajstić information content (AvgIpc) is 3.50. The molecule has 0 atom stereocenters. The van der Waals surface area contributed by atoms with Crippen LogP contribution >= 0.6 is 0 Å². The van der Waals surface area contributed by atoms with Crippen LogP contribution in [0.5, 0.6) is 0 Å². The number of halogens is 1. The number of nitrogens with zero attached hydrogens (tertiary/aromatic N) is 4. The number of hydrogen-bond acceptors (Lipinski definition) is 5. The second kappa shape index (κ2) is 9.13. The van der Waals surface area contributed by atoms with Gasteiger partial charge in [-0.2, -0.15) is 5.10 Å². The van der Waals surface area contributed by atoms with Crippen LogP contribution in [0.1, 0.15) is 24.8 Å². The summed E-state index contributed by atoms with van der Waals surface area (Å²) in [4.78, 5) is 29.3. The quantitative estimate of drug-likeness (QED) is 0.244. The number of amides is 1. The van der Waals surface area contributed by atoms with Crippen LogP contribution in [-0.4, -0.2) is 36.0 Å².